The minimum absolute atomic E-state index is 0.0108. The highest BCUT2D eigenvalue weighted by Gasteiger charge is 2.37. The molecule has 2 aromatic rings. The number of hydrogen-bond donors (Lipinski definition) is 1. The first-order valence-corrected chi connectivity index (χ1v) is 11.0. The first-order chi connectivity index (χ1) is 13.1. The van der Waals surface area contributed by atoms with Gasteiger partial charge in [-0.25, -0.2) is 0 Å². The maximum absolute atomic E-state index is 13.3. The van der Waals surface area contributed by atoms with E-state index in [2.05, 4.69) is 29.2 Å². The van der Waals surface area contributed by atoms with Crippen LogP contribution in [-0.4, -0.2) is 41.1 Å². The number of rotatable bonds is 5. The summed E-state index contributed by atoms with van der Waals surface area (Å²) in [5.74, 6) is 1.93. The van der Waals surface area contributed by atoms with Crippen molar-refractivity contribution in [2.24, 2.45) is 11.8 Å². The molecular formula is C21H29N3O2S. The van der Waals surface area contributed by atoms with E-state index in [1.165, 1.54) is 25.7 Å². The molecule has 2 atom stereocenters. The summed E-state index contributed by atoms with van der Waals surface area (Å²) in [5.41, 5.74) is 0.430. The maximum Gasteiger partial charge on any atom is 0.276 e. The Morgan fingerprint density at radius 3 is 2.93 bits per heavy atom. The van der Waals surface area contributed by atoms with Crippen molar-refractivity contribution in [2.45, 2.75) is 58.0 Å². The van der Waals surface area contributed by atoms with Crippen molar-refractivity contribution in [2.75, 3.05) is 13.1 Å². The zero-order chi connectivity index (χ0) is 18.8. The van der Waals surface area contributed by atoms with Crippen molar-refractivity contribution in [1.29, 1.82) is 0 Å². The largest absolute Gasteiger partial charge is 0.355 e. The van der Waals surface area contributed by atoms with Gasteiger partial charge in [0, 0.05) is 31.2 Å². The van der Waals surface area contributed by atoms with E-state index in [1.807, 2.05) is 17.5 Å². The topological polar surface area (TPSA) is 58.4 Å². The molecule has 0 spiro atoms. The molecule has 2 aromatic heterocycles. The predicted octanol–water partition coefficient (Wildman–Crippen LogP) is 4.42. The molecule has 4 rings (SSSR count). The zero-order valence-electron chi connectivity index (χ0n) is 16.2. The van der Waals surface area contributed by atoms with Crippen molar-refractivity contribution in [3.8, 4) is 10.6 Å². The molecule has 5 nitrogen and oxygen atoms in total. The number of piperazine rings is 1. The van der Waals surface area contributed by atoms with Crippen LogP contribution >= 0.6 is 11.3 Å². The molecule has 1 amide bonds. The number of nitrogens with one attached hydrogen (secondary N) is 1. The van der Waals surface area contributed by atoms with E-state index in [-0.39, 0.29) is 11.9 Å². The number of amides is 1. The molecule has 2 fully saturated rings. The highest BCUT2D eigenvalue weighted by molar-refractivity contribution is 7.13. The van der Waals surface area contributed by atoms with E-state index < -0.39 is 0 Å². The Hall–Kier alpha value is -1.66. The van der Waals surface area contributed by atoms with Crippen LogP contribution in [0.15, 0.2) is 28.1 Å². The van der Waals surface area contributed by atoms with E-state index in [9.17, 15) is 4.79 Å². The molecule has 1 aliphatic carbocycles. The van der Waals surface area contributed by atoms with Crippen LogP contribution in [0.4, 0.5) is 0 Å². The molecule has 0 aromatic carbocycles. The number of nitrogens with zero attached hydrogens (tertiary/aromatic N) is 2. The maximum atomic E-state index is 13.3. The van der Waals surface area contributed by atoms with Crippen molar-refractivity contribution in [3.05, 3.63) is 29.3 Å². The first kappa shape index (κ1) is 18.7. The fraction of sp³-hybridized carbons (Fsp3) is 0.619. The van der Waals surface area contributed by atoms with E-state index in [4.69, 9.17) is 4.52 Å². The van der Waals surface area contributed by atoms with Crippen molar-refractivity contribution >= 4 is 17.2 Å². The van der Waals surface area contributed by atoms with E-state index in [0.717, 1.165) is 24.4 Å². The van der Waals surface area contributed by atoms with Crippen LogP contribution in [0, 0.1) is 11.8 Å². The van der Waals surface area contributed by atoms with Gasteiger partial charge in [-0.1, -0.05) is 37.9 Å². The monoisotopic (exact) mass is 387 g/mol. The van der Waals surface area contributed by atoms with Gasteiger partial charge in [0.25, 0.3) is 5.91 Å². The Morgan fingerprint density at radius 2 is 2.22 bits per heavy atom. The first-order valence-electron chi connectivity index (χ1n) is 10.2. The third-order valence-corrected chi connectivity index (χ3v) is 6.80. The molecule has 0 radical (unpaired) electrons. The Morgan fingerprint density at radius 1 is 1.41 bits per heavy atom. The van der Waals surface area contributed by atoms with Crippen molar-refractivity contribution in [1.82, 2.24) is 15.4 Å². The fourth-order valence-corrected chi connectivity index (χ4v) is 5.23. The number of carbonyl (C=O) groups is 1. The summed E-state index contributed by atoms with van der Waals surface area (Å²) in [6, 6.07) is 6.39. The summed E-state index contributed by atoms with van der Waals surface area (Å²) in [5, 5.41) is 9.85. The summed E-state index contributed by atoms with van der Waals surface area (Å²) in [7, 11) is 0. The average molecular weight is 388 g/mol. The molecule has 0 bridgehead atoms. The lowest BCUT2D eigenvalue weighted by molar-refractivity contribution is 0.0499. The molecule has 6 heteroatoms. The summed E-state index contributed by atoms with van der Waals surface area (Å²) >= 11 is 1.59. The summed E-state index contributed by atoms with van der Waals surface area (Å²) in [6.07, 6.45) is 6.20. The Kier molecular flexibility index (Phi) is 5.64. The van der Waals surface area contributed by atoms with Crippen LogP contribution in [0.1, 0.15) is 56.4 Å². The van der Waals surface area contributed by atoms with Crippen molar-refractivity contribution in [3.63, 3.8) is 0 Å². The van der Waals surface area contributed by atoms with Crippen LogP contribution in [0.25, 0.3) is 10.6 Å². The van der Waals surface area contributed by atoms with Gasteiger partial charge in [0.05, 0.1) is 4.88 Å². The molecule has 1 saturated carbocycles. The van der Waals surface area contributed by atoms with Crippen LogP contribution in [0.5, 0.6) is 0 Å². The van der Waals surface area contributed by atoms with Gasteiger partial charge in [-0.05, 0) is 42.5 Å². The van der Waals surface area contributed by atoms with E-state index in [0.29, 0.717) is 29.3 Å². The second kappa shape index (κ2) is 8.15. The lowest BCUT2D eigenvalue weighted by Crippen LogP contribution is -2.60. The smallest absolute Gasteiger partial charge is 0.276 e. The molecule has 2 unspecified atom stereocenters. The SMILES string of the molecule is CC(C)CC1CNC(C2CCCC2)CN1C(=O)c1cc(-c2cccs2)on1. The normalized spacial score (nSPS) is 24.0. The van der Waals surface area contributed by atoms with Gasteiger partial charge >= 0.3 is 0 Å². The van der Waals surface area contributed by atoms with Gasteiger partial charge in [0.15, 0.2) is 11.5 Å². The Balaban J connectivity index is 1.53. The number of hydrogen-bond acceptors (Lipinski definition) is 5. The second-order valence-electron chi connectivity index (χ2n) is 8.35. The van der Waals surface area contributed by atoms with Gasteiger partial charge in [0.2, 0.25) is 0 Å². The highest BCUT2D eigenvalue weighted by Crippen LogP contribution is 2.31. The molecule has 2 aliphatic rings. The lowest BCUT2D eigenvalue weighted by Gasteiger charge is -2.42. The van der Waals surface area contributed by atoms with E-state index in [1.54, 1.807) is 17.4 Å². The van der Waals surface area contributed by atoms with Gasteiger partial charge in [-0.2, -0.15) is 0 Å². The molecular weight excluding hydrogens is 358 g/mol. The fourth-order valence-electron chi connectivity index (χ4n) is 4.56. The highest BCUT2D eigenvalue weighted by atomic mass is 32.1. The minimum Gasteiger partial charge on any atom is -0.355 e. The third kappa shape index (κ3) is 4.11. The Bertz CT molecular complexity index is 749. The van der Waals surface area contributed by atoms with Gasteiger partial charge in [0.1, 0.15) is 0 Å². The standard InChI is InChI=1S/C21H29N3O2S/c1-14(2)10-16-12-22-18(15-6-3-4-7-15)13-24(16)21(25)17-11-19(26-23-17)20-8-5-9-27-20/h5,8-9,11,14-16,18,22H,3-4,6-7,10,12-13H2,1-2H3. The number of aromatic nitrogens is 1. The van der Waals surface area contributed by atoms with Crippen LogP contribution in [0.3, 0.4) is 0 Å². The molecule has 146 valence electrons. The van der Waals surface area contributed by atoms with Crippen LogP contribution in [0.2, 0.25) is 0 Å². The van der Waals surface area contributed by atoms with Crippen LogP contribution < -0.4 is 5.32 Å². The molecule has 1 aliphatic heterocycles. The second-order valence-corrected chi connectivity index (χ2v) is 9.30. The average Bonchev–Trinajstić information content (AvgIpc) is 3.42. The quantitative estimate of drug-likeness (QED) is 0.825. The van der Waals surface area contributed by atoms with Gasteiger partial charge in [-0.15, -0.1) is 11.3 Å². The molecule has 27 heavy (non-hydrogen) atoms. The summed E-state index contributed by atoms with van der Waals surface area (Å²) in [4.78, 5) is 16.4. The lowest BCUT2D eigenvalue weighted by atomic mass is 9.92. The van der Waals surface area contributed by atoms with Gasteiger partial charge in [-0.3, -0.25) is 4.79 Å². The Labute approximate surface area is 165 Å². The zero-order valence-corrected chi connectivity index (χ0v) is 17.0. The number of carbonyl (C=O) groups excluding carboxylic acids is 1. The molecule has 1 N–H and O–H groups in total. The van der Waals surface area contributed by atoms with Gasteiger partial charge < -0.3 is 14.7 Å². The predicted molar refractivity (Wildman–Crippen MR) is 108 cm³/mol. The third-order valence-electron chi connectivity index (χ3n) is 5.92. The van der Waals surface area contributed by atoms with Crippen molar-refractivity contribution < 1.29 is 9.32 Å². The molecule has 3 heterocycles. The summed E-state index contributed by atoms with van der Waals surface area (Å²) < 4.78 is 5.46. The summed E-state index contributed by atoms with van der Waals surface area (Å²) in [6.45, 7) is 6.09. The number of thiophene rings is 1. The minimum atomic E-state index is 0.0108. The molecule has 1 saturated heterocycles. The van der Waals surface area contributed by atoms with E-state index >= 15 is 0 Å². The van der Waals surface area contributed by atoms with Crippen LogP contribution in [-0.2, 0) is 0 Å².